The highest BCUT2D eigenvalue weighted by Crippen LogP contribution is 2.31. The Labute approximate surface area is 210 Å². The first kappa shape index (κ1) is 23.9. The van der Waals surface area contributed by atoms with Crippen molar-refractivity contribution in [2.45, 2.75) is 38.1 Å². The molecule has 2 aromatic carbocycles. The Bertz CT molecular complexity index is 1310. The van der Waals surface area contributed by atoms with E-state index in [0.717, 1.165) is 35.0 Å². The Morgan fingerprint density at radius 3 is 2.61 bits per heavy atom. The first-order chi connectivity index (χ1) is 17.6. The van der Waals surface area contributed by atoms with E-state index in [1.54, 1.807) is 18.3 Å². The Morgan fingerprint density at radius 1 is 1.03 bits per heavy atom. The molecule has 3 heterocycles. The van der Waals surface area contributed by atoms with E-state index >= 15 is 0 Å². The highest BCUT2D eigenvalue weighted by Gasteiger charge is 2.33. The number of amides is 1. The first-order valence-electron chi connectivity index (χ1n) is 12.5. The predicted octanol–water partition coefficient (Wildman–Crippen LogP) is 5.53. The molecule has 1 fully saturated rings. The van der Waals surface area contributed by atoms with Crippen LogP contribution in [0.5, 0.6) is 0 Å². The summed E-state index contributed by atoms with van der Waals surface area (Å²) in [5, 5.41) is 0.993. The number of piperazine rings is 1. The number of hydrogen-bond acceptors (Lipinski definition) is 5. The Hall–Kier alpha value is -3.87. The van der Waals surface area contributed by atoms with Crippen molar-refractivity contribution >= 4 is 22.8 Å². The lowest BCUT2D eigenvalue weighted by atomic mass is 9.90. The van der Waals surface area contributed by atoms with Gasteiger partial charge in [0.1, 0.15) is 5.82 Å². The molecular formula is C29H30FN5O. The normalized spacial score (nSPS) is 16.8. The molecule has 184 valence electrons. The van der Waals surface area contributed by atoms with E-state index in [2.05, 4.69) is 21.8 Å². The summed E-state index contributed by atoms with van der Waals surface area (Å²) < 4.78 is 13.5. The maximum Gasteiger partial charge on any atom is 0.226 e. The van der Waals surface area contributed by atoms with Crippen molar-refractivity contribution in [2.75, 3.05) is 24.5 Å². The maximum atomic E-state index is 13.5. The van der Waals surface area contributed by atoms with Gasteiger partial charge in [-0.15, -0.1) is 0 Å². The number of anilines is 1. The molecule has 36 heavy (non-hydrogen) atoms. The van der Waals surface area contributed by atoms with Gasteiger partial charge >= 0.3 is 0 Å². The predicted molar refractivity (Wildman–Crippen MR) is 139 cm³/mol. The highest BCUT2D eigenvalue weighted by molar-refractivity contribution is 5.79. The molecule has 4 aromatic rings. The van der Waals surface area contributed by atoms with Gasteiger partial charge in [0.2, 0.25) is 11.9 Å². The second-order valence-corrected chi connectivity index (χ2v) is 9.27. The van der Waals surface area contributed by atoms with Crippen molar-refractivity contribution in [2.24, 2.45) is 0 Å². The number of nitrogens with zero attached hydrogens (tertiary/aromatic N) is 5. The fourth-order valence-corrected chi connectivity index (χ4v) is 4.99. The lowest BCUT2D eigenvalue weighted by Crippen LogP contribution is -2.51. The van der Waals surface area contributed by atoms with Gasteiger partial charge in [0.15, 0.2) is 0 Å². The Kier molecular flexibility index (Phi) is 7.16. The van der Waals surface area contributed by atoms with Crippen LogP contribution >= 0.6 is 0 Å². The molecule has 7 heteroatoms. The smallest absolute Gasteiger partial charge is 0.226 e. The number of benzene rings is 2. The zero-order chi connectivity index (χ0) is 24.9. The summed E-state index contributed by atoms with van der Waals surface area (Å²) in [6.45, 7) is 3.82. The summed E-state index contributed by atoms with van der Waals surface area (Å²) in [6, 6.07) is 20.2. The average Bonchev–Trinajstić information content (AvgIpc) is 2.93. The molecule has 2 aromatic heterocycles. The number of para-hydroxylation sites is 1. The zero-order valence-corrected chi connectivity index (χ0v) is 20.4. The lowest BCUT2D eigenvalue weighted by Gasteiger charge is -2.41. The van der Waals surface area contributed by atoms with Crippen LogP contribution in [-0.4, -0.2) is 45.4 Å². The van der Waals surface area contributed by atoms with E-state index in [4.69, 9.17) is 4.98 Å². The summed E-state index contributed by atoms with van der Waals surface area (Å²) in [5.74, 6) is 0.563. The maximum absolute atomic E-state index is 13.5. The summed E-state index contributed by atoms with van der Waals surface area (Å²) >= 11 is 0. The minimum atomic E-state index is -0.259. The number of carbonyl (C=O) groups is 1. The van der Waals surface area contributed by atoms with Gasteiger partial charge in [0.25, 0.3) is 0 Å². The second kappa shape index (κ2) is 10.8. The quantitative estimate of drug-likeness (QED) is 0.346. The van der Waals surface area contributed by atoms with Crippen molar-refractivity contribution in [3.8, 4) is 0 Å². The summed E-state index contributed by atoms with van der Waals surface area (Å²) in [5.41, 5.74) is 2.79. The van der Waals surface area contributed by atoms with E-state index in [1.807, 2.05) is 53.6 Å². The number of hydrogen-bond donors (Lipinski definition) is 0. The van der Waals surface area contributed by atoms with Crippen molar-refractivity contribution in [3.05, 3.63) is 96.2 Å². The van der Waals surface area contributed by atoms with Crippen molar-refractivity contribution in [1.82, 2.24) is 19.9 Å². The zero-order valence-electron chi connectivity index (χ0n) is 20.4. The minimum absolute atomic E-state index is 0.0678. The number of halogens is 1. The topological polar surface area (TPSA) is 62.2 Å². The third kappa shape index (κ3) is 5.20. The minimum Gasteiger partial charge on any atom is -0.338 e. The number of pyridine rings is 1. The van der Waals surface area contributed by atoms with Gasteiger partial charge in [-0.3, -0.25) is 9.78 Å². The molecule has 0 N–H and O–H groups in total. The highest BCUT2D eigenvalue weighted by atomic mass is 19.1. The molecule has 0 aliphatic carbocycles. The standard InChI is InChI=1S/C29H30FN5O/c1-2-7-22(21-11-13-24(30)14-12-21)18-28(36)34-16-17-35(27(20-34)26-10-5-6-15-31-26)29-32-19-23-8-3-4-9-25(23)33-29/h3-6,8-15,19,22,27H,2,7,16-18,20H2,1H3/t22-,27-/m1/s1. The van der Waals surface area contributed by atoms with Crippen molar-refractivity contribution in [3.63, 3.8) is 0 Å². The third-order valence-corrected chi connectivity index (χ3v) is 6.90. The van der Waals surface area contributed by atoms with Crippen LogP contribution in [0.15, 0.2) is 79.1 Å². The molecular weight excluding hydrogens is 453 g/mol. The van der Waals surface area contributed by atoms with E-state index in [-0.39, 0.29) is 23.7 Å². The monoisotopic (exact) mass is 483 g/mol. The van der Waals surface area contributed by atoms with Crippen molar-refractivity contribution < 1.29 is 9.18 Å². The average molecular weight is 484 g/mol. The molecule has 6 nitrogen and oxygen atoms in total. The molecule has 1 aliphatic heterocycles. The van der Waals surface area contributed by atoms with Gasteiger partial charge in [-0.2, -0.15) is 0 Å². The van der Waals surface area contributed by atoms with Crippen LogP contribution in [0, 0.1) is 5.82 Å². The van der Waals surface area contributed by atoms with Crippen LogP contribution in [0.4, 0.5) is 10.3 Å². The van der Waals surface area contributed by atoms with Crippen LogP contribution in [0.1, 0.15) is 49.4 Å². The van der Waals surface area contributed by atoms with Gasteiger partial charge in [0.05, 0.1) is 17.3 Å². The fourth-order valence-electron chi connectivity index (χ4n) is 4.99. The molecule has 1 amide bonds. The molecule has 0 saturated carbocycles. The van der Waals surface area contributed by atoms with Crippen LogP contribution in [0.3, 0.4) is 0 Å². The molecule has 0 unspecified atom stereocenters. The summed E-state index contributed by atoms with van der Waals surface area (Å²) in [6.07, 6.45) is 5.87. The van der Waals surface area contributed by atoms with Crippen LogP contribution in [0.25, 0.3) is 10.9 Å². The number of aromatic nitrogens is 3. The lowest BCUT2D eigenvalue weighted by molar-refractivity contribution is -0.132. The number of rotatable bonds is 7. The summed E-state index contributed by atoms with van der Waals surface area (Å²) in [4.78, 5) is 31.7. The van der Waals surface area contributed by atoms with Crippen LogP contribution < -0.4 is 4.90 Å². The first-order valence-corrected chi connectivity index (χ1v) is 12.5. The van der Waals surface area contributed by atoms with Crippen molar-refractivity contribution in [1.29, 1.82) is 0 Å². The number of fused-ring (bicyclic) bond motifs is 1. The van der Waals surface area contributed by atoms with E-state index in [0.29, 0.717) is 32.0 Å². The fraction of sp³-hybridized carbons (Fsp3) is 0.310. The van der Waals surface area contributed by atoms with Gasteiger partial charge in [-0.05, 0) is 48.2 Å². The molecule has 1 aliphatic rings. The van der Waals surface area contributed by atoms with Gasteiger partial charge in [-0.1, -0.05) is 49.7 Å². The van der Waals surface area contributed by atoms with Gasteiger partial charge in [0, 0.05) is 43.8 Å². The van der Waals surface area contributed by atoms with Gasteiger partial charge in [-0.25, -0.2) is 14.4 Å². The molecule has 1 saturated heterocycles. The molecule has 0 bridgehead atoms. The molecule has 0 radical (unpaired) electrons. The second-order valence-electron chi connectivity index (χ2n) is 9.27. The molecule has 0 spiro atoms. The number of carbonyl (C=O) groups excluding carboxylic acids is 1. The van der Waals surface area contributed by atoms with E-state index in [9.17, 15) is 9.18 Å². The third-order valence-electron chi connectivity index (χ3n) is 6.90. The Balaban J connectivity index is 1.38. The molecule has 5 rings (SSSR count). The van der Waals surface area contributed by atoms with Crippen LogP contribution in [-0.2, 0) is 4.79 Å². The SMILES string of the molecule is CCC[C@H](CC(=O)N1CCN(c2ncc3ccccc3n2)[C@@H](c2ccccn2)C1)c1ccc(F)cc1. The van der Waals surface area contributed by atoms with Gasteiger partial charge < -0.3 is 9.80 Å². The van der Waals surface area contributed by atoms with Crippen LogP contribution in [0.2, 0.25) is 0 Å². The van der Waals surface area contributed by atoms with E-state index < -0.39 is 0 Å². The Morgan fingerprint density at radius 2 is 1.83 bits per heavy atom. The molecule has 2 atom stereocenters. The largest absolute Gasteiger partial charge is 0.338 e. The van der Waals surface area contributed by atoms with E-state index in [1.165, 1.54) is 12.1 Å². The summed E-state index contributed by atoms with van der Waals surface area (Å²) in [7, 11) is 0.